The summed E-state index contributed by atoms with van der Waals surface area (Å²) in [6, 6.07) is 2.35. The SMILES string of the molecule is CCC(C)C(NC(=O)Cn1cnc2cc(OC)c(OC)cc2c1=O)C(=O)Nc1nc(C)cs1. The first kappa shape index (κ1) is 24.2. The summed E-state index contributed by atoms with van der Waals surface area (Å²) in [5.74, 6) is -0.122. The molecule has 0 radical (unpaired) electrons. The van der Waals surface area contributed by atoms with Crippen LogP contribution in [0.4, 0.5) is 5.13 Å². The molecule has 0 aliphatic carbocycles. The third-order valence-corrected chi connectivity index (χ3v) is 6.18. The second kappa shape index (κ2) is 10.4. The molecule has 0 saturated carbocycles. The van der Waals surface area contributed by atoms with Crippen molar-refractivity contribution in [1.29, 1.82) is 0 Å². The van der Waals surface area contributed by atoms with Gasteiger partial charge < -0.3 is 20.1 Å². The lowest BCUT2D eigenvalue weighted by Gasteiger charge is -2.23. The zero-order chi connectivity index (χ0) is 24.1. The summed E-state index contributed by atoms with van der Waals surface area (Å²) in [5, 5.41) is 8.10. The molecule has 2 amide bonds. The smallest absolute Gasteiger partial charge is 0.261 e. The van der Waals surface area contributed by atoms with Crippen molar-refractivity contribution < 1.29 is 19.1 Å². The van der Waals surface area contributed by atoms with Gasteiger partial charge in [0, 0.05) is 11.4 Å². The van der Waals surface area contributed by atoms with Crippen LogP contribution in [0.2, 0.25) is 0 Å². The highest BCUT2D eigenvalue weighted by Crippen LogP contribution is 2.29. The van der Waals surface area contributed by atoms with Crippen molar-refractivity contribution in [1.82, 2.24) is 19.9 Å². The molecule has 0 saturated heterocycles. The van der Waals surface area contributed by atoms with Gasteiger partial charge in [-0.2, -0.15) is 0 Å². The minimum absolute atomic E-state index is 0.127. The number of methoxy groups -OCH3 is 2. The maximum atomic E-state index is 12.9. The predicted octanol–water partition coefficient (Wildman–Crippen LogP) is 2.35. The summed E-state index contributed by atoms with van der Waals surface area (Å²) >= 11 is 1.32. The Hall–Kier alpha value is -3.47. The first-order valence-corrected chi connectivity index (χ1v) is 11.3. The number of rotatable bonds is 9. The standard InChI is InChI=1S/C22H27N5O5S/c1-6-12(2)19(20(29)26-22-24-13(3)10-33-22)25-18(28)9-27-11-23-15-8-17(32-5)16(31-4)7-14(15)21(27)30/h7-8,10-12,19H,6,9H2,1-5H3,(H,25,28)(H,24,26,29). The minimum atomic E-state index is -0.778. The second-order valence-electron chi connectivity index (χ2n) is 7.62. The van der Waals surface area contributed by atoms with Crippen molar-refractivity contribution >= 4 is 39.2 Å². The summed E-state index contributed by atoms with van der Waals surface area (Å²) in [7, 11) is 2.97. The number of fused-ring (bicyclic) bond motifs is 1. The molecule has 33 heavy (non-hydrogen) atoms. The summed E-state index contributed by atoms with van der Waals surface area (Å²) in [6.07, 6.45) is 1.97. The lowest BCUT2D eigenvalue weighted by atomic mass is 9.98. The van der Waals surface area contributed by atoms with Crippen LogP contribution in [0.1, 0.15) is 26.0 Å². The molecular formula is C22H27N5O5S. The lowest BCUT2D eigenvalue weighted by Crippen LogP contribution is -2.49. The molecule has 3 aromatic rings. The van der Waals surface area contributed by atoms with E-state index in [1.807, 2.05) is 26.2 Å². The van der Waals surface area contributed by atoms with Crippen LogP contribution in [0.15, 0.2) is 28.6 Å². The van der Waals surface area contributed by atoms with Gasteiger partial charge in [-0.25, -0.2) is 9.97 Å². The van der Waals surface area contributed by atoms with Gasteiger partial charge in [0.15, 0.2) is 16.6 Å². The van der Waals surface area contributed by atoms with Crippen LogP contribution in [0.5, 0.6) is 11.5 Å². The highest BCUT2D eigenvalue weighted by atomic mass is 32.1. The number of benzene rings is 1. The zero-order valence-electron chi connectivity index (χ0n) is 19.2. The fourth-order valence-electron chi connectivity index (χ4n) is 3.27. The zero-order valence-corrected chi connectivity index (χ0v) is 20.0. The summed E-state index contributed by atoms with van der Waals surface area (Å²) < 4.78 is 11.7. The van der Waals surface area contributed by atoms with Gasteiger partial charge in [0.2, 0.25) is 11.8 Å². The first-order valence-electron chi connectivity index (χ1n) is 10.4. The van der Waals surface area contributed by atoms with Gasteiger partial charge in [0.25, 0.3) is 5.56 Å². The van der Waals surface area contributed by atoms with E-state index in [9.17, 15) is 14.4 Å². The Morgan fingerprint density at radius 3 is 2.52 bits per heavy atom. The largest absolute Gasteiger partial charge is 0.493 e. The van der Waals surface area contributed by atoms with Crippen LogP contribution in [0, 0.1) is 12.8 Å². The molecule has 2 atom stereocenters. The van der Waals surface area contributed by atoms with Gasteiger partial charge in [-0.1, -0.05) is 20.3 Å². The number of aryl methyl sites for hydroxylation is 1. The Morgan fingerprint density at radius 2 is 1.91 bits per heavy atom. The number of thiazole rings is 1. The Balaban J connectivity index is 1.80. The summed E-state index contributed by atoms with van der Waals surface area (Å²) in [5.41, 5.74) is 0.820. The molecule has 2 heterocycles. The topological polar surface area (TPSA) is 124 Å². The number of hydrogen-bond acceptors (Lipinski definition) is 8. The number of hydrogen-bond donors (Lipinski definition) is 2. The van der Waals surface area contributed by atoms with Gasteiger partial charge >= 0.3 is 0 Å². The number of carbonyl (C=O) groups is 2. The molecule has 0 aliphatic rings. The third-order valence-electron chi connectivity index (χ3n) is 5.30. The van der Waals surface area contributed by atoms with E-state index in [0.29, 0.717) is 34.0 Å². The highest BCUT2D eigenvalue weighted by Gasteiger charge is 2.27. The predicted molar refractivity (Wildman–Crippen MR) is 126 cm³/mol. The molecule has 3 rings (SSSR count). The van der Waals surface area contributed by atoms with Gasteiger partial charge in [-0.05, 0) is 18.9 Å². The van der Waals surface area contributed by atoms with Crippen LogP contribution in [-0.4, -0.2) is 46.6 Å². The van der Waals surface area contributed by atoms with E-state index in [1.165, 1.54) is 42.5 Å². The molecule has 10 nitrogen and oxygen atoms in total. The van der Waals surface area contributed by atoms with Crippen molar-refractivity contribution in [2.45, 2.75) is 39.8 Å². The highest BCUT2D eigenvalue weighted by molar-refractivity contribution is 7.13. The number of nitrogens with zero attached hydrogens (tertiary/aromatic N) is 3. The minimum Gasteiger partial charge on any atom is -0.493 e. The van der Waals surface area contributed by atoms with Crippen molar-refractivity contribution in [2.75, 3.05) is 19.5 Å². The molecule has 2 aromatic heterocycles. The van der Waals surface area contributed by atoms with E-state index in [4.69, 9.17) is 9.47 Å². The van der Waals surface area contributed by atoms with Gasteiger partial charge in [0.1, 0.15) is 12.6 Å². The van der Waals surface area contributed by atoms with E-state index in [2.05, 4.69) is 20.6 Å². The van der Waals surface area contributed by atoms with E-state index in [0.717, 1.165) is 5.69 Å². The van der Waals surface area contributed by atoms with E-state index >= 15 is 0 Å². The Bertz CT molecular complexity index is 1220. The number of nitrogens with one attached hydrogen (secondary N) is 2. The molecule has 11 heteroatoms. The molecular weight excluding hydrogens is 446 g/mol. The Morgan fingerprint density at radius 1 is 1.21 bits per heavy atom. The van der Waals surface area contributed by atoms with Crippen molar-refractivity contribution in [3.63, 3.8) is 0 Å². The van der Waals surface area contributed by atoms with E-state index < -0.39 is 17.5 Å². The molecule has 0 spiro atoms. The summed E-state index contributed by atoms with van der Waals surface area (Å²) in [6.45, 7) is 5.36. The van der Waals surface area contributed by atoms with Crippen LogP contribution < -0.4 is 25.7 Å². The molecule has 176 valence electrons. The van der Waals surface area contributed by atoms with Gasteiger partial charge in [-0.3, -0.25) is 19.0 Å². The number of aromatic nitrogens is 3. The number of ether oxygens (including phenoxy) is 2. The summed E-state index contributed by atoms with van der Waals surface area (Å²) in [4.78, 5) is 47.0. The van der Waals surface area contributed by atoms with Crippen LogP contribution in [0.3, 0.4) is 0 Å². The molecule has 0 bridgehead atoms. The number of carbonyl (C=O) groups excluding carboxylic acids is 2. The fourth-order valence-corrected chi connectivity index (χ4v) is 3.96. The first-order chi connectivity index (χ1) is 15.8. The molecule has 0 aliphatic heterocycles. The van der Waals surface area contributed by atoms with Crippen LogP contribution in [-0.2, 0) is 16.1 Å². The average Bonchev–Trinajstić information content (AvgIpc) is 3.22. The van der Waals surface area contributed by atoms with Gasteiger partial charge in [-0.15, -0.1) is 11.3 Å². The second-order valence-corrected chi connectivity index (χ2v) is 8.47. The monoisotopic (exact) mass is 473 g/mol. The maximum Gasteiger partial charge on any atom is 0.261 e. The molecule has 1 aromatic carbocycles. The van der Waals surface area contributed by atoms with Gasteiger partial charge in [0.05, 0.1) is 37.1 Å². The normalized spacial score (nSPS) is 12.8. The van der Waals surface area contributed by atoms with Crippen LogP contribution >= 0.6 is 11.3 Å². The Kier molecular flexibility index (Phi) is 7.64. The van der Waals surface area contributed by atoms with E-state index in [-0.39, 0.29) is 18.4 Å². The quantitative estimate of drug-likeness (QED) is 0.489. The Labute approximate surface area is 195 Å². The molecule has 2 unspecified atom stereocenters. The fraction of sp³-hybridized carbons (Fsp3) is 0.409. The molecule has 0 fully saturated rings. The lowest BCUT2D eigenvalue weighted by molar-refractivity contribution is -0.128. The van der Waals surface area contributed by atoms with E-state index in [1.54, 1.807) is 6.07 Å². The van der Waals surface area contributed by atoms with Crippen molar-refractivity contribution in [3.8, 4) is 11.5 Å². The van der Waals surface area contributed by atoms with Crippen molar-refractivity contribution in [3.05, 3.63) is 39.9 Å². The maximum absolute atomic E-state index is 12.9. The number of amides is 2. The number of anilines is 1. The average molecular weight is 474 g/mol. The van der Waals surface area contributed by atoms with Crippen LogP contribution in [0.25, 0.3) is 10.9 Å². The molecule has 2 N–H and O–H groups in total. The third kappa shape index (κ3) is 5.48. The van der Waals surface area contributed by atoms with Crippen molar-refractivity contribution in [2.24, 2.45) is 5.92 Å².